The first-order valence-corrected chi connectivity index (χ1v) is 4.15. The fourth-order valence-corrected chi connectivity index (χ4v) is 0.709. The highest BCUT2D eigenvalue weighted by Crippen LogP contribution is 1.79. The summed E-state index contributed by atoms with van der Waals surface area (Å²) in [5.74, 6) is 0. The van der Waals surface area contributed by atoms with E-state index in [1.807, 2.05) is 36.4 Å². The molecule has 68 valence electrons. The van der Waals surface area contributed by atoms with Gasteiger partial charge < -0.3 is 0 Å². The van der Waals surface area contributed by atoms with Crippen LogP contribution in [0.5, 0.6) is 0 Å². The molecule has 0 bridgehead atoms. The second kappa shape index (κ2) is 5.21. The number of nitrogens with zero attached hydrogens (tertiary/aromatic N) is 3. The number of aromatic nitrogens is 4. The van der Waals surface area contributed by atoms with Gasteiger partial charge in [0.1, 0.15) is 0 Å². The van der Waals surface area contributed by atoms with Crippen molar-refractivity contribution in [2.24, 2.45) is 7.05 Å². The van der Waals surface area contributed by atoms with E-state index in [9.17, 15) is 0 Å². The summed E-state index contributed by atoms with van der Waals surface area (Å²) in [6, 6.07) is 12.0. The number of benzene rings is 1. The van der Waals surface area contributed by atoms with Crippen LogP contribution >= 0.6 is 12.2 Å². The molecule has 1 N–H and O–H groups in total. The molecule has 13 heavy (non-hydrogen) atoms. The van der Waals surface area contributed by atoms with Crippen LogP contribution in [-0.4, -0.2) is 20.2 Å². The van der Waals surface area contributed by atoms with Crippen molar-refractivity contribution in [2.45, 2.75) is 0 Å². The van der Waals surface area contributed by atoms with Crippen LogP contribution in [0.4, 0.5) is 0 Å². The van der Waals surface area contributed by atoms with E-state index < -0.39 is 0 Å². The third-order valence-electron chi connectivity index (χ3n) is 1.28. The molecule has 0 saturated heterocycles. The Bertz CT molecular complexity index is 352. The van der Waals surface area contributed by atoms with Gasteiger partial charge in [-0.3, -0.25) is 0 Å². The number of hydrogen-bond donors (Lipinski definition) is 1. The van der Waals surface area contributed by atoms with Crippen molar-refractivity contribution in [1.82, 2.24) is 20.2 Å². The number of aryl methyl sites for hydroxylation is 1. The van der Waals surface area contributed by atoms with Crippen LogP contribution in [-0.2, 0) is 7.05 Å². The van der Waals surface area contributed by atoms with Crippen molar-refractivity contribution in [1.29, 1.82) is 0 Å². The first-order chi connectivity index (χ1) is 6.30. The van der Waals surface area contributed by atoms with Gasteiger partial charge in [0.2, 0.25) is 4.77 Å². The highest BCUT2D eigenvalue weighted by atomic mass is 32.1. The third kappa shape index (κ3) is 3.62. The molecule has 5 heteroatoms. The zero-order valence-corrected chi connectivity index (χ0v) is 8.03. The summed E-state index contributed by atoms with van der Waals surface area (Å²) in [6.07, 6.45) is 0. The van der Waals surface area contributed by atoms with Gasteiger partial charge in [-0.15, -0.1) is 0 Å². The summed E-state index contributed by atoms with van der Waals surface area (Å²) < 4.78 is 2.02. The van der Waals surface area contributed by atoms with E-state index in [1.165, 1.54) is 0 Å². The van der Waals surface area contributed by atoms with Crippen LogP contribution in [0.2, 0.25) is 0 Å². The Kier molecular flexibility index (Phi) is 3.84. The maximum absolute atomic E-state index is 4.64. The SMILES string of the molecule is Cn1[nH]nnc1=S.c1ccccc1. The van der Waals surface area contributed by atoms with Gasteiger partial charge in [-0.25, -0.2) is 4.68 Å². The van der Waals surface area contributed by atoms with E-state index in [0.29, 0.717) is 4.77 Å². The lowest BCUT2D eigenvalue weighted by Gasteiger charge is -1.77. The summed E-state index contributed by atoms with van der Waals surface area (Å²) in [7, 11) is 1.75. The number of hydrogen-bond acceptors (Lipinski definition) is 3. The summed E-state index contributed by atoms with van der Waals surface area (Å²) in [4.78, 5) is 0. The van der Waals surface area contributed by atoms with Crippen molar-refractivity contribution in [3.05, 3.63) is 41.2 Å². The molecule has 0 saturated carbocycles. The summed E-state index contributed by atoms with van der Waals surface area (Å²) in [5.41, 5.74) is 0. The summed E-state index contributed by atoms with van der Waals surface area (Å²) in [6.45, 7) is 0. The van der Waals surface area contributed by atoms with E-state index in [0.717, 1.165) is 0 Å². The van der Waals surface area contributed by atoms with Crippen molar-refractivity contribution in [3.63, 3.8) is 0 Å². The minimum atomic E-state index is 0.472. The van der Waals surface area contributed by atoms with Crippen LogP contribution in [0.1, 0.15) is 0 Å². The number of rotatable bonds is 0. The number of tetrazole rings is 1. The molecule has 0 fully saturated rings. The van der Waals surface area contributed by atoms with Crippen molar-refractivity contribution in [2.75, 3.05) is 0 Å². The Morgan fingerprint density at radius 2 is 1.62 bits per heavy atom. The van der Waals surface area contributed by atoms with Crippen LogP contribution < -0.4 is 0 Å². The quantitative estimate of drug-likeness (QED) is 0.647. The van der Waals surface area contributed by atoms with Crippen LogP contribution in [0.15, 0.2) is 36.4 Å². The van der Waals surface area contributed by atoms with Crippen LogP contribution in [0.3, 0.4) is 0 Å². The lowest BCUT2D eigenvalue weighted by molar-refractivity contribution is 0.705. The van der Waals surface area contributed by atoms with E-state index in [-0.39, 0.29) is 0 Å². The molecule has 0 radical (unpaired) electrons. The minimum absolute atomic E-state index is 0.472. The molecule has 2 aromatic rings. The lowest BCUT2D eigenvalue weighted by atomic mass is 10.4. The molecular weight excluding hydrogens is 184 g/mol. The molecule has 0 aliphatic heterocycles. The summed E-state index contributed by atoms with van der Waals surface area (Å²) >= 11 is 4.64. The molecule has 0 unspecified atom stereocenters. The molecule has 1 aromatic heterocycles. The van der Waals surface area contributed by atoms with Gasteiger partial charge in [0.05, 0.1) is 0 Å². The highest BCUT2D eigenvalue weighted by Gasteiger charge is 1.79. The van der Waals surface area contributed by atoms with Gasteiger partial charge in [-0.05, 0) is 12.2 Å². The smallest absolute Gasteiger partial charge is 0.237 e. The Morgan fingerprint density at radius 3 is 1.77 bits per heavy atom. The Hall–Kier alpha value is -1.49. The van der Waals surface area contributed by atoms with E-state index >= 15 is 0 Å². The second-order valence-corrected chi connectivity index (χ2v) is 2.66. The number of aromatic amines is 1. The summed E-state index contributed by atoms with van der Waals surface area (Å²) in [5, 5.41) is 9.41. The topological polar surface area (TPSA) is 46.5 Å². The second-order valence-electron chi connectivity index (χ2n) is 2.30. The zero-order chi connectivity index (χ0) is 9.52. The first-order valence-electron chi connectivity index (χ1n) is 3.75. The molecular formula is C8H10N4S. The predicted molar refractivity (Wildman–Crippen MR) is 52.6 cm³/mol. The molecule has 0 atom stereocenters. The number of nitrogens with one attached hydrogen (secondary N) is 1. The van der Waals surface area contributed by atoms with Gasteiger partial charge in [0.15, 0.2) is 0 Å². The maximum Gasteiger partial charge on any atom is 0.237 e. The largest absolute Gasteiger partial charge is 0.246 e. The minimum Gasteiger partial charge on any atom is -0.246 e. The molecule has 0 amide bonds. The predicted octanol–water partition coefficient (Wildman–Crippen LogP) is 1.56. The monoisotopic (exact) mass is 194 g/mol. The molecule has 4 nitrogen and oxygen atoms in total. The zero-order valence-electron chi connectivity index (χ0n) is 7.21. The molecule has 1 aromatic carbocycles. The van der Waals surface area contributed by atoms with Crippen LogP contribution in [0, 0.1) is 4.77 Å². The third-order valence-corrected chi connectivity index (χ3v) is 1.64. The first kappa shape index (κ1) is 9.60. The van der Waals surface area contributed by atoms with Gasteiger partial charge in [0, 0.05) is 7.05 Å². The van der Waals surface area contributed by atoms with E-state index in [2.05, 4.69) is 27.7 Å². The van der Waals surface area contributed by atoms with Gasteiger partial charge in [-0.1, -0.05) is 46.7 Å². The maximum atomic E-state index is 4.64. The van der Waals surface area contributed by atoms with Crippen molar-refractivity contribution < 1.29 is 0 Å². The van der Waals surface area contributed by atoms with E-state index in [1.54, 1.807) is 11.7 Å². The molecule has 1 heterocycles. The van der Waals surface area contributed by atoms with E-state index in [4.69, 9.17) is 0 Å². The average Bonchev–Trinajstić information content (AvgIpc) is 2.55. The fraction of sp³-hybridized carbons (Fsp3) is 0.125. The Balaban J connectivity index is 0.000000132. The highest BCUT2D eigenvalue weighted by molar-refractivity contribution is 7.71. The average molecular weight is 194 g/mol. The van der Waals surface area contributed by atoms with Gasteiger partial charge in [0.25, 0.3) is 0 Å². The van der Waals surface area contributed by atoms with Crippen molar-refractivity contribution in [3.8, 4) is 0 Å². The Morgan fingerprint density at radius 1 is 1.15 bits per heavy atom. The van der Waals surface area contributed by atoms with Gasteiger partial charge >= 0.3 is 0 Å². The van der Waals surface area contributed by atoms with Crippen LogP contribution in [0.25, 0.3) is 0 Å². The molecule has 0 spiro atoms. The van der Waals surface area contributed by atoms with Gasteiger partial charge in [-0.2, -0.15) is 5.21 Å². The Labute approximate surface area is 81.2 Å². The molecule has 0 aliphatic rings. The number of H-pyrrole nitrogens is 1. The lowest BCUT2D eigenvalue weighted by Crippen LogP contribution is -1.88. The molecule has 0 aliphatic carbocycles. The van der Waals surface area contributed by atoms with Crippen molar-refractivity contribution >= 4 is 12.2 Å². The fourth-order valence-electron chi connectivity index (χ4n) is 0.627. The molecule has 2 rings (SSSR count). The standard InChI is InChI=1S/C6H6.C2H4N4S/c1-2-4-6-5-3-1;1-6-2(7)3-4-5-6/h1-6H;1H3,(H,3,5,7). The normalized spacial score (nSPS) is 8.69.